The minimum absolute atomic E-state index is 0.204. The summed E-state index contributed by atoms with van der Waals surface area (Å²) in [5.74, 6) is 0. The molecule has 0 saturated heterocycles. The smallest absolute Gasteiger partial charge is 0.243 e. The first kappa shape index (κ1) is 21.3. The fourth-order valence-corrected chi connectivity index (χ4v) is 7.88. The van der Waals surface area contributed by atoms with E-state index in [4.69, 9.17) is 0 Å². The number of sulfonamides is 1. The molecule has 0 bridgehead atoms. The van der Waals surface area contributed by atoms with Crippen LogP contribution < -0.4 is 0 Å². The summed E-state index contributed by atoms with van der Waals surface area (Å²) in [5, 5.41) is -0.719. The number of sulfone groups is 1. The molecule has 2 aromatic carbocycles. The second-order valence-corrected chi connectivity index (χ2v) is 12.7. The summed E-state index contributed by atoms with van der Waals surface area (Å²) in [7, 11) is -7.30. The van der Waals surface area contributed by atoms with Gasteiger partial charge < -0.3 is 0 Å². The van der Waals surface area contributed by atoms with Crippen molar-refractivity contribution in [3.8, 4) is 0 Å². The van der Waals surface area contributed by atoms with Crippen LogP contribution in [0.15, 0.2) is 85.6 Å². The Morgan fingerprint density at radius 1 is 0.844 bits per heavy atom. The van der Waals surface area contributed by atoms with Crippen LogP contribution in [0.25, 0.3) is 0 Å². The van der Waals surface area contributed by atoms with Gasteiger partial charge in [0.2, 0.25) is 10.0 Å². The first-order chi connectivity index (χ1) is 15.2. The van der Waals surface area contributed by atoms with E-state index in [1.807, 2.05) is 13.8 Å². The lowest BCUT2D eigenvalue weighted by molar-refractivity contribution is 0.480. The van der Waals surface area contributed by atoms with E-state index in [9.17, 15) is 16.8 Å². The van der Waals surface area contributed by atoms with Crippen LogP contribution in [0.4, 0.5) is 0 Å². The first-order valence-corrected chi connectivity index (χ1v) is 13.5. The van der Waals surface area contributed by atoms with Gasteiger partial charge in [0.25, 0.3) is 0 Å². The Morgan fingerprint density at radius 2 is 1.44 bits per heavy atom. The van der Waals surface area contributed by atoms with Crippen LogP contribution in [0, 0.1) is 13.8 Å². The maximum absolute atomic E-state index is 13.5. The van der Waals surface area contributed by atoms with E-state index in [-0.39, 0.29) is 22.9 Å². The average molecular weight is 469 g/mol. The van der Waals surface area contributed by atoms with Gasteiger partial charge in [0.05, 0.1) is 21.6 Å². The molecule has 1 unspecified atom stereocenters. The minimum Gasteiger partial charge on any atom is -0.288 e. The summed E-state index contributed by atoms with van der Waals surface area (Å²) in [6.07, 6.45) is 2.01. The number of aliphatic imine (C=N–C) groups is 1. The fraction of sp³-hybridized carbons (Fsp3) is 0.292. The quantitative estimate of drug-likeness (QED) is 0.690. The number of aryl methyl sites for hydroxylation is 2. The summed E-state index contributed by atoms with van der Waals surface area (Å²) < 4.78 is 55.0. The molecule has 0 amide bonds. The topological polar surface area (TPSA) is 83.9 Å². The maximum Gasteiger partial charge on any atom is 0.243 e. The molecular formula is C24H24N2O4S2. The predicted molar refractivity (Wildman–Crippen MR) is 124 cm³/mol. The van der Waals surface area contributed by atoms with Crippen LogP contribution >= 0.6 is 0 Å². The van der Waals surface area contributed by atoms with E-state index in [0.29, 0.717) is 13.0 Å². The molecule has 3 aliphatic rings. The lowest BCUT2D eigenvalue weighted by Crippen LogP contribution is -2.30. The third-order valence-corrected chi connectivity index (χ3v) is 10.4. The molecule has 0 N–H and O–H groups in total. The van der Waals surface area contributed by atoms with Crippen molar-refractivity contribution in [3.05, 3.63) is 82.0 Å². The molecule has 2 heterocycles. The van der Waals surface area contributed by atoms with Crippen molar-refractivity contribution >= 4 is 26.1 Å². The highest BCUT2D eigenvalue weighted by Gasteiger charge is 2.43. The van der Waals surface area contributed by atoms with Crippen LogP contribution in [-0.2, 0) is 19.9 Å². The molecule has 0 aromatic heterocycles. The van der Waals surface area contributed by atoms with Gasteiger partial charge in [0.15, 0.2) is 9.84 Å². The van der Waals surface area contributed by atoms with Gasteiger partial charge in [0.1, 0.15) is 0 Å². The Labute approximate surface area is 189 Å². The van der Waals surface area contributed by atoms with Crippen molar-refractivity contribution < 1.29 is 16.8 Å². The molecule has 2 aliphatic heterocycles. The average Bonchev–Trinajstić information content (AvgIpc) is 3.41. The Hall–Kier alpha value is -2.55. The Kier molecular flexibility index (Phi) is 5.00. The maximum atomic E-state index is 13.5. The van der Waals surface area contributed by atoms with Crippen LogP contribution in [0.1, 0.15) is 17.5 Å². The Morgan fingerprint density at radius 3 is 2.06 bits per heavy atom. The zero-order valence-electron chi connectivity index (χ0n) is 17.9. The van der Waals surface area contributed by atoms with Crippen molar-refractivity contribution in [1.82, 2.24) is 4.31 Å². The molecule has 1 aliphatic carbocycles. The monoisotopic (exact) mass is 468 g/mol. The summed E-state index contributed by atoms with van der Waals surface area (Å²) in [5.41, 5.74) is 5.34. The van der Waals surface area contributed by atoms with Crippen molar-refractivity contribution in [2.45, 2.75) is 35.3 Å². The van der Waals surface area contributed by atoms with Gasteiger partial charge in [-0.15, -0.1) is 0 Å². The van der Waals surface area contributed by atoms with Crippen LogP contribution in [0.5, 0.6) is 0 Å². The molecule has 0 fully saturated rings. The van der Waals surface area contributed by atoms with Crippen molar-refractivity contribution in [3.63, 3.8) is 0 Å². The van der Waals surface area contributed by atoms with Gasteiger partial charge in [-0.05, 0) is 66.8 Å². The standard InChI is InChI=1S/C24H24N2O4S2/c1-16-3-7-19(8-4-16)31(27,28)24-11-18-14-26(15-23(18)21-12-25-13-22(21)24)32(29,30)20-9-5-17(2)6-10-20/h3-10,12,24H,11,13-15H2,1-2H3. The van der Waals surface area contributed by atoms with E-state index in [1.54, 1.807) is 54.7 Å². The predicted octanol–water partition coefficient (Wildman–Crippen LogP) is 3.23. The summed E-state index contributed by atoms with van der Waals surface area (Å²) >= 11 is 0. The molecule has 8 heteroatoms. The van der Waals surface area contributed by atoms with Crippen LogP contribution in [0.2, 0.25) is 0 Å². The Balaban J connectivity index is 1.48. The lowest BCUT2D eigenvalue weighted by Gasteiger charge is -2.25. The zero-order valence-corrected chi connectivity index (χ0v) is 19.6. The van der Waals surface area contributed by atoms with Crippen molar-refractivity contribution in [2.75, 3.05) is 19.6 Å². The third kappa shape index (κ3) is 3.37. The van der Waals surface area contributed by atoms with Gasteiger partial charge >= 0.3 is 0 Å². The van der Waals surface area contributed by atoms with Gasteiger partial charge in [-0.2, -0.15) is 4.31 Å². The second kappa shape index (κ2) is 7.50. The van der Waals surface area contributed by atoms with Gasteiger partial charge in [-0.1, -0.05) is 35.4 Å². The molecule has 2 aromatic rings. The number of benzene rings is 2. The molecule has 32 heavy (non-hydrogen) atoms. The fourth-order valence-electron chi connectivity index (χ4n) is 4.63. The van der Waals surface area contributed by atoms with E-state index in [1.165, 1.54) is 4.31 Å². The molecule has 0 radical (unpaired) electrons. The molecule has 0 spiro atoms. The molecule has 0 saturated carbocycles. The number of nitrogens with zero attached hydrogens (tertiary/aromatic N) is 2. The van der Waals surface area contributed by atoms with Crippen molar-refractivity contribution in [1.29, 1.82) is 0 Å². The molecular weight excluding hydrogens is 444 g/mol. The first-order valence-electron chi connectivity index (χ1n) is 10.5. The Bertz CT molecular complexity index is 1400. The minimum atomic E-state index is -3.68. The van der Waals surface area contributed by atoms with E-state index in [2.05, 4.69) is 4.99 Å². The normalized spacial score (nSPS) is 21.2. The van der Waals surface area contributed by atoms with E-state index < -0.39 is 25.1 Å². The number of fused-ring (bicyclic) bond motifs is 1. The highest BCUT2D eigenvalue weighted by molar-refractivity contribution is 7.92. The van der Waals surface area contributed by atoms with E-state index in [0.717, 1.165) is 33.4 Å². The second-order valence-electron chi connectivity index (χ2n) is 8.63. The zero-order chi connectivity index (χ0) is 22.7. The van der Waals surface area contributed by atoms with Gasteiger partial charge in [0, 0.05) is 19.3 Å². The van der Waals surface area contributed by atoms with E-state index >= 15 is 0 Å². The van der Waals surface area contributed by atoms with Crippen LogP contribution in [0.3, 0.4) is 0 Å². The third-order valence-electron chi connectivity index (χ3n) is 6.48. The SMILES string of the molecule is Cc1ccc(S(=O)(=O)C2CC3=C(CN(S(=O)(=O)c4ccc(C)cc4)C3)C3=C2CN=C3)cc1. The molecule has 1 atom stereocenters. The summed E-state index contributed by atoms with van der Waals surface area (Å²) in [6.45, 7) is 4.62. The lowest BCUT2D eigenvalue weighted by atomic mass is 9.88. The molecule has 6 nitrogen and oxygen atoms in total. The van der Waals surface area contributed by atoms with Gasteiger partial charge in [-0.3, -0.25) is 4.99 Å². The largest absolute Gasteiger partial charge is 0.288 e. The van der Waals surface area contributed by atoms with Crippen LogP contribution in [-0.4, -0.2) is 52.2 Å². The van der Waals surface area contributed by atoms with Gasteiger partial charge in [-0.25, -0.2) is 16.8 Å². The molecule has 166 valence electrons. The molecule has 5 rings (SSSR count). The number of rotatable bonds is 4. The van der Waals surface area contributed by atoms with Crippen molar-refractivity contribution in [2.24, 2.45) is 4.99 Å². The number of hydrogen-bond donors (Lipinski definition) is 0. The highest BCUT2D eigenvalue weighted by atomic mass is 32.2. The number of hydrogen-bond acceptors (Lipinski definition) is 5. The summed E-state index contributed by atoms with van der Waals surface area (Å²) in [4.78, 5) is 4.89. The highest BCUT2D eigenvalue weighted by Crippen LogP contribution is 2.42. The summed E-state index contributed by atoms with van der Waals surface area (Å²) in [6, 6.07) is 13.7.